The van der Waals surface area contributed by atoms with E-state index in [1.165, 1.54) is 29.3 Å². The Bertz CT molecular complexity index is 510. The van der Waals surface area contributed by atoms with Crippen molar-refractivity contribution in [1.29, 1.82) is 0 Å². The van der Waals surface area contributed by atoms with Crippen molar-refractivity contribution in [2.75, 3.05) is 0 Å². The van der Waals surface area contributed by atoms with E-state index in [9.17, 15) is 0 Å². The Morgan fingerprint density at radius 2 is 1.95 bits per heavy atom. The lowest BCUT2D eigenvalue weighted by molar-refractivity contribution is 0.116. The minimum Gasteiger partial charge on any atom is -0.307 e. The second-order valence-electron chi connectivity index (χ2n) is 7.57. The summed E-state index contributed by atoms with van der Waals surface area (Å²) in [7, 11) is 0. The molecule has 0 saturated heterocycles. The fourth-order valence-corrected chi connectivity index (χ4v) is 5.30. The Morgan fingerprint density at radius 1 is 1.25 bits per heavy atom. The summed E-state index contributed by atoms with van der Waals surface area (Å²) in [6.07, 6.45) is 4.15. The van der Waals surface area contributed by atoms with Crippen LogP contribution in [0.15, 0.2) is 28.7 Å². The molecule has 2 heteroatoms. The van der Waals surface area contributed by atoms with Crippen molar-refractivity contribution < 1.29 is 0 Å². The van der Waals surface area contributed by atoms with E-state index in [1.807, 2.05) is 0 Å². The highest BCUT2D eigenvalue weighted by atomic mass is 79.9. The van der Waals surface area contributed by atoms with Crippen LogP contribution in [-0.4, -0.2) is 6.04 Å². The molecule has 0 radical (unpaired) electrons. The Balaban J connectivity index is 1.79. The number of halogens is 1. The molecule has 0 amide bonds. The predicted octanol–water partition coefficient (Wildman–Crippen LogP) is 5.31. The highest BCUT2D eigenvalue weighted by Crippen LogP contribution is 2.65. The molecule has 1 aromatic carbocycles. The molecule has 2 aliphatic rings. The monoisotopic (exact) mass is 335 g/mol. The first kappa shape index (κ1) is 14.6. The third-order valence-electron chi connectivity index (χ3n) is 6.62. The van der Waals surface area contributed by atoms with E-state index >= 15 is 0 Å². The molecule has 1 N–H and O–H groups in total. The van der Waals surface area contributed by atoms with Gasteiger partial charge in [-0.25, -0.2) is 0 Å². The lowest BCUT2D eigenvalue weighted by Gasteiger charge is -2.41. The number of hydrogen-bond donors (Lipinski definition) is 1. The van der Waals surface area contributed by atoms with E-state index in [2.05, 4.69) is 73.2 Å². The SMILES string of the molecule is CC(NC1CC2CCC1(C)C2(C)C)c1ccccc1Br. The minimum atomic E-state index is 0.405. The smallest absolute Gasteiger partial charge is 0.0305 e. The number of rotatable bonds is 3. The van der Waals surface area contributed by atoms with Gasteiger partial charge in [-0.1, -0.05) is 54.9 Å². The Kier molecular flexibility index (Phi) is 3.53. The van der Waals surface area contributed by atoms with Gasteiger partial charge in [0, 0.05) is 16.6 Å². The molecule has 4 atom stereocenters. The first-order valence-corrected chi connectivity index (χ1v) is 8.66. The highest BCUT2D eigenvalue weighted by molar-refractivity contribution is 9.10. The standard InChI is InChI=1S/C18H26BrN/c1-12(14-7-5-6-8-15(14)19)20-16-11-13-9-10-18(16,4)17(13,2)3/h5-8,12-13,16,20H,9-11H2,1-4H3. The topological polar surface area (TPSA) is 12.0 Å². The van der Waals surface area contributed by atoms with E-state index in [0.29, 0.717) is 22.9 Å². The number of benzene rings is 1. The van der Waals surface area contributed by atoms with Gasteiger partial charge in [-0.3, -0.25) is 0 Å². The Hall–Kier alpha value is -0.340. The van der Waals surface area contributed by atoms with Crippen LogP contribution in [0.1, 0.15) is 58.6 Å². The van der Waals surface area contributed by atoms with Crippen LogP contribution in [0.25, 0.3) is 0 Å². The molecule has 2 saturated carbocycles. The second kappa shape index (κ2) is 4.84. The molecule has 0 aromatic heterocycles. The molecule has 110 valence electrons. The summed E-state index contributed by atoms with van der Waals surface area (Å²) in [4.78, 5) is 0. The van der Waals surface area contributed by atoms with Gasteiger partial charge in [0.25, 0.3) is 0 Å². The summed E-state index contributed by atoms with van der Waals surface area (Å²) in [5, 5.41) is 3.93. The Labute approximate surface area is 131 Å². The fourth-order valence-electron chi connectivity index (χ4n) is 4.67. The summed E-state index contributed by atoms with van der Waals surface area (Å²) in [5.41, 5.74) is 2.31. The average Bonchev–Trinajstić information content (AvgIpc) is 2.72. The van der Waals surface area contributed by atoms with Gasteiger partial charge in [0.05, 0.1) is 0 Å². The number of hydrogen-bond acceptors (Lipinski definition) is 1. The van der Waals surface area contributed by atoms with Gasteiger partial charge in [-0.15, -0.1) is 0 Å². The van der Waals surface area contributed by atoms with Crippen LogP contribution in [0.4, 0.5) is 0 Å². The van der Waals surface area contributed by atoms with Gasteiger partial charge in [0.1, 0.15) is 0 Å². The van der Waals surface area contributed by atoms with Crippen LogP contribution in [0, 0.1) is 16.7 Å². The molecule has 2 bridgehead atoms. The maximum atomic E-state index is 3.93. The van der Waals surface area contributed by atoms with Gasteiger partial charge >= 0.3 is 0 Å². The fraction of sp³-hybridized carbons (Fsp3) is 0.667. The summed E-state index contributed by atoms with van der Waals surface area (Å²) >= 11 is 3.68. The zero-order valence-corrected chi connectivity index (χ0v) is 14.6. The van der Waals surface area contributed by atoms with E-state index in [1.54, 1.807) is 0 Å². The van der Waals surface area contributed by atoms with Gasteiger partial charge in [-0.05, 0) is 54.6 Å². The quantitative estimate of drug-likeness (QED) is 0.788. The van der Waals surface area contributed by atoms with Crippen LogP contribution in [0.2, 0.25) is 0 Å². The lowest BCUT2D eigenvalue weighted by atomic mass is 9.69. The normalized spacial score (nSPS) is 36.2. The molecule has 4 unspecified atom stereocenters. The lowest BCUT2D eigenvalue weighted by Crippen LogP contribution is -2.45. The van der Waals surface area contributed by atoms with Crippen LogP contribution in [0.5, 0.6) is 0 Å². The summed E-state index contributed by atoms with van der Waals surface area (Å²) in [6.45, 7) is 9.76. The van der Waals surface area contributed by atoms with Crippen LogP contribution in [0.3, 0.4) is 0 Å². The molecule has 0 spiro atoms. The van der Waals surface area contributed by atoms with Crippen molar-refractivity contribution in [3.05, 3.63) is 34.3 Å². The molecular formula is C18H26BrN. The van der Waals surface area contributed by atoms with Crippen molar-refractivity contribution >= 4 is 15.9 Å². The molecule has 3 rings (SSSR count). The largest absolute Gasteiger partial charge is 0.307 e. The highest BCUT2D eigenvalue weighted by Gasteiger charge is 2.61. The van der Waals surface area contributed by atoms with Crippen molar-refractivity contribution in [2.45, 2.75) is 59.0 Å². The van der Waals surface area contributed by atoms with Gasteiger partial charge in [0.15, 0.2) is 0 Å². The van der Waals surface area contributed by atoms with Crippen molar-refractivity contribution in [2.24, 2.45) is 16.7 Å². The molecule has 2 fully saturated rings. The molecule has 0 aliphatic heterocycles. The second-order valence-corrected chi connectivity index (χ2v) is 8.43. The van der Waals surface area contributed by atoms with E-state index in [-0.39, 0.29) is 0 Å². The average molecular weight is 336 g/mol. The van der Waals surface area contributed by atoms with Crippen LogP contribution < -0.4 is 5.32 Å². The van der Waals surface area contributed by atoms with E-state index in [0.717, 1.165) is 5.92 Å². The van der Waals surface area contributed by atoms with Crippen LogP contribution in [-0.2, 0) is 0 Å². The summed E-state index contributed by atoms with van der Waals surface area (Å²) < 4.78 is 1.22. The summed E-state index contributed by atoms with van der Waals surface area (Å²) in [5.74, 6) is 0.899. The maximum Gasteiger partial charge on any atom is 0.0305 e. The number of fused-ring (bicyclic) bond motifs is 2. The molecule has 1 aromatic rings. The van der Waals surface area contributed by atoms with Crippen molar-refractivity contribution in [3.63, 3.8) is 0 Å². The molecule has 2 aliphatic carbocycles. The van der Waals surface area contributed by atoms with Crippen molar-refractivity contribution in [1.82, 2.24) is 5.32 Å². The van der Waals surface area contributed by atoms with E-state index in [4.69, 9.17) is 0 Å². The maximum absolute atomic E-state index is 3.93. The zero-order valence-electron chi connectivity index (χ0n) is 13.0. The first-order valence-electron chi connectivity index (χ1n) is 7.87. The molecular weight excluding hydrogens is 310 g/mol. The molecule has 20 heavy (non-hydrogen) atoms. The third kappa shape index (κ3) is 1.99. The third-order valence-corrected chi connectivity index (χ3v) is 7.34. The van der Waals surface area contributed by atoms with Gasteiger partial charge < -0.3 is 5.32 Å². The van der Waals surface area contributed by atoms with Gasteiger partial charge in [0.2, 0.25) is 0 Å². The van der Waals surface area contributed by atoms with Crippen molar-refractivity contribution in [3.8, 4) is 0 Å². The molecule has 0 heterocycles. The number of nitrogens with one attached hydrogen (secondary N) is 1. The first-order chi connectivity index (χ1) is 9.36. The van der Waals surface area contributed by atoms with Crippen LogP contribution >= 0.6 is 15.9 Å². The van der Waals surface area contributed by atoms with E-state index < -0.39 is 0 Å². The summed E-state index contributed by atoms with van der Waals surface area (Å²) in [6, 6.07) is 9.64. The minimum absolute atomic E-state index is 0.405. The van der Waals surface area contributed by atoms with Gasteiger partial charge in [-0.2, -0.15) is 0 Å². The molecule has 1 nitrogen and oxygen atoms in total. The zero-order chi connectivity index (χ0) is 14.5. The predicted molar refractivity (Wildman–Crippen MR) is 88.7 cm³/mol. The Morgan fingerprint density at radius 3 is 2.50 bits per heavy atom.